The van der Waals surface area contributed by atoms with Crippen molar-refractivity contribution in [3.63, 3.8) is 0 Å². The van der Waals surface area contributed by atoms with Crippen molar-refractivity contribution in [1.82, 2.24) is 0 Å². The second-order valence-corrected chi connectivity index (χ2v) is 29.0. The van der Waals surface area contributed by atoms with Gasteiger partial charge in [-0.2, -0.15) is 0 Å². The van der Waals surface area contributed by atoms with E-state index in [9.17, 15) is 4.79 Å². The summed E-state index contributed by atoms with van der Waals surface area (Å²) in [7, 11) is -7.74. The molecule has 0 aliphatic heterocycles. The number of carbonyl (C=O) groups excluding carboxylic acids is 1. The van der Waals surface area contributed by atoms with E-state index in [0.29, 0.717) is 5.75 Å². The summed E-state index contributed by atoms with van der Waals surface area (Å²) >= 11 is 0. The number of benzene rings is 1. The molecule has 0 amide bonds. The third-order valence-electron chi connectivity index (χ3n) is 3.20. The minimum Gasteiger partial charge on any atom is -0.542 e. The molecule has 0 N–H and O–H groups in total. The Morgan fingerprint density at radius 2 is 1.17 bits per heavy atom. The molecule has 0 aromatic heterocycles. The minimum absolute atomic E-state index is 0.315. The van der Waals surface area contributed by atoms with Gasteiger partial charge in [-0.15, -0.1) is 0 Å². The fraction of sp³-hybridized carbons (Fsp3) is 0.650. The van der Waals surface area contributed by atoms with Crippen LogP contribution in [0.2, 0.25) is 78.6 Å². The molecule has 0 spiro atoms. The van der Waals surface area contributed by atoms with Crippen LogP contribution in [0.1, 0.15) is 11.7 Å². The molecule has 1 aromatic carbocycles. The third kappa shape index (κ3) is 10.6. The lowest BCUT2D eigenvalue weighted by molar-refractivity contribution is -0.143. The van der Waals surface area contributed by atoms with Gasteiger partial charge in [0, 0.05) is 0 Å². The molecule has 166 valence electrons. The first kappa shape index (κ1) is 26.2. The van der Waals surface area contributed by atoms with E-state index in [1.807, 2.05) is 37.8 Å². The highest BCUT2D eigenvalue weighted by Crippen LogP contribution is 2.36. The second-order valence-electron chi connectivity index (χ2n) is 11.3. The Bertz CT molecular complexity index is 710. The van der Waals surface area contributed by atoms with E-state index in [0.717, 1.165) is 11.3 Å². The van der Waals surface area contributed by atoms with E-state index in [1.54, 1.807) is 0 Å². The molecule has 0 radical (unpaired) electrons. The largest absolute Gasteiger partial charge is 0.542 e. The fourth-order valence-corrected chi connectivity index (χ4v) is 5.77. The van der Waals surface area contributed by atoms with Gasteiger partial charge in [-0.25, -0.2) is 0 Å². The lowest BCUT2D eigenvalue weighted by Gasteiger charge is -2.30. The van der Waals surface area contributed by atoms with Crippen molar-refractivity contribution in [2.45, 2.75) is 84.7 Å². The molecular weight excluding hydrogens is 433 g/mol. The topological polar surface area (TPSA) is 54.0 Å². The van der Waals surface area contributed by atoms with Crippen molar-refractivity contribution in [2.24, 2.45) is 0 Å². The van der Waals surface area contributed by atoms with Crippen LogP contribution in [-0.2, 0) is 13.6 Å². The Hall–Kier alpha value is -0.882. The molecule has 0 aliphatic carbocycles. The molecule has 0 bridgehead atoms. The van der Waals surface area contributed by atoms with E-state index in [2.05, 4.69) is 58.9 Å². The van der Waals surface area contributed by atoms with Crippen molar-refractivity contribution < 1.29 is 22.5 Å². The number of hydrogen-bond acceptors (Lipinski definition) is 5. The van der Waals surface area contributed by atoms with E-state index >= 15 is 0 Å². The predicted molar refractivity (Wildman–Crippen MR) is 131 cm³/mol. The number of rotatable bonds is 9. The highest BCUT2D eigenvalue weighted by Gasteiger charge is 2.34. The van der Waals surface area contributed by atoms with E-state index < -0.39 is 39.4 Å². The van der Waals surface area contributed by atoms with Gasteiger partial charge in [0.1, 0.15) is 11.5 Å². The summed E-state index contributed by atoms with van der Waals surface area (Å²) in [4.78, 5) is 13.0. The van der Waals surface area contributed by atoms with Crippen LogP contribution in [0.5, 0.6) is 11.5 Å². The smallest absolute Gasteiger partial charge is 0.325 e. The Kier molecular flexibility index (Phi) is 8.19. The van der Waals surface area contributed by atoms with Crippen molar-refractivity contribution in [3.05, 3.63) is 23.8 Å². The van der Waals surface area contributed by atoms with Gasteiger partial charge in [-0.1, -0.05) is 6.07 Å². The van der Waals surface area contributed by atoms with Crippen LogP contribution in [0.25, 0.3) is 0 Å². The Labute approximate surface area is 181 Å². The van der Waals surface area contributed by atoms with Crippen LogP contribution in [0, 0.1) is 0 Å². The molecule has 5 nitrogen and oxygen atoms in total. The summed E-state index contributed by atoms with van der Waals surface area (Å²) in [5.74, 6) is 1.11. The van der Waals surface area contributed by atoms with Crippen molar-refractivity contribution in [2.75, 3.05) is 0 Å². The second kappa shape index (κ2) is 9.09. The van der Waals surface area contributed by atoms with E-state index in [4.69, 9.17) is 17.7 Å². The van der Waals surface area contributed by atoms with Gasteiger partial charge in [-0.3, -0.25) is 4.79 Å². The zero-order valence-electron chi connectivity index (χ0n) is 20.4. The van der Waals surface area contributed by atoms with Crippen LogP contribution >= 0.6 is 0 Å². The maximum absolute atomic E-state index is 13.0. The average Bonchev–Trinajstić information content (AvgIpc) is 2.41. The van der Waals surface area contributed by atoms with Crippen LogP contribution in [-0.4, -0.2) is 39.2 Å². The molecule has 0 heterocycles. The average molecular weight is 473 g/mol. The SMILES string of the molecule is C[Si](C)(C)OC(=O)[C@@H](O[Si](C)(C)C)c1ccc(O[Si](C)(C)C)c(O[Si](C)(C)C)c1. The van der Waals surface area contributed by atoms with Crippen molar-refractivity contribution >= 4 is 39.2 Å². The van der Waals surface area contributed by atoms with E-state index in [1.165, 1.54) is 0 Å². The molecule has 1 atom stereocenters. The van der Waals surface area contributed by atoms with Gasteiger partial charge in [0.15, 0.2) is 14.4 Å². The zero-order chi connectivity index (χ0) is 22.8. The molecule has 0 unspecified atom stereocenters. The monoisotopic (exact) mass is 472 g/mol. The van der Waals surface area contributed by atoms with Gasteiger partial charge < -0.3 is 17.7 Å². The van der Waals surface area contributed by atoms with Crippen molar-refractivity contribution in [3.8, 4) is 11.5 Å². The molecule has 0 saturated carbocycles. The first-order valence-corrected chi connectivity index (χ1v) is 23.8. The van der Waals surface area contributed by atoms with Gasteiger partial charge >= 0.3 is 5.97 Å². The first-order valence-electron chi connectivity index (χ1n) is 10.2. The Morgan fingerprint density at radius 1 is 0.690 bits per heavy atom. The molecule has 0 fully saturated rings. The summed E-state index contributed by atoms with van der Waals surface area (Å²) in [6.07, 6.45) is -0.752. The molecule has 0 saturated heterocycles. The first-order chi connectivity index (χ1) is 12.8. The Morgan fingerprint density at radius 3 is 1.59 bits per heavy atom. The summed E-state index contributed by atoms with van der Waals surface area (Å²) in [5.41, 5.74) is 0.756. The van der Waals surface area contributed by atoms with Gasteiger partial charge in [0.2, 0.25) is 25.0 Å². The van der Waals surface area contributed by atoms with Gasteiger partial charge in [0.05, 0.1) is 0 Å². The molecule has 29 heavy (non-hydrogen) atoms. The van der Waals surface area contributed by atoms with Crippen LogP contribution in [0.4, 0.5) is 0 Å². The van der Waals surface area contributed by atoms with Gasteiger partial charge in [0.25, 0.3) is 0 Å². The van der Waals surface area contributed by atoms with Gasteiger partial charge in [-0.05, 0) is 96.3 Å². The van der Waals surface area contributed by atoms with E-state index in [-0.39, 0.29) is 5.97 Å². The lowest BCUT2D eigenvalue weighted by Crippen LogP contribution is -2.37. The molecular formula is C20H40O5Si4. The lowest BCUT2D eigenvalue weighted by atomic mass is 10.1. The molecule has 1 aromatic rings. The predicted octanol–water partition coefficient (Wildman–Crippen LogP) is 6.38. The highest BCUT2D eigenvalue weighted by atomic mass is 28.4. The fourth-order valence-electron chi connectivity index (χ4n) is 2.47. The third-order valence-corrected chi connectivity index (χ3v) is 6.62. The highest BCUT2D eigenvalue weighted by molar-refractivity contribution is 6.72. The minimum atomic E-state index is -2.04. The number of hydrogen-bond donors (Lipinski definition) is 0. The number of carbonyl (C=O) groups is 1. The summed E-state index contributed by atoms with van der Waals surface area (Å²) in [6, 6.07) is 5.72. The van der Waals surface area contributed by atoms with Crippen LogP contribution in [0.3, 0.4) is 0 Å². The molecule has 1 rings (SSSR count). The molecule has 0 aliphatic rings. The summed E-state index contributed by atoms with van der Waals surface area (Å²) in [6.45, 7) is 25.0. The molecule has 9 heteroatoms. The van der Waals surface area contributed by atoms with Crippen LogP contribution in [0.15, 0.2) is 18.2 Å². The normalized spacial score (nSPS) is 14.3. The van der Waals surface area contributed by atoms with Crippen molar-refractivity contribution in [1.29, 1.82) is 0 Å². The summed E-state index contributed by atoms with van der Waals surface area (Å²) < 4.78 is 24.6. The maximum atomic E-state index is 13.0. The van der Waals surface area contributed by atoms with Crippen LogP contribution < -0.4 is 8.85 Å². The Balaban J connectivity index is 3.43. The quantitative estimate of drug-likeness (QED) is 0.390. The standard InChI is InChI=1S/C20H40O5Si4/c1-26(2,3)22-17-14-13-16(15-18(17)23-27(4,5)6)19(24-28(7,8)9)20(21)25-29(10,11)12/h13-15,19H,1-12H3/t19-/m0/s1. The summed E-state index contributed by atoms with van der Waals surface area (Å²) in [5, 5.41) is 0. The maximum Gasteiger partial charge on any atom is 0.325 e. The zero-order valence-corrected chi connectivity index (χ0v) is 24.4.